The van der Waals surface area contributed by atoms with Crippen LogP contribution >= 0.6 is 0 Å². The number of hydrogen-bond acceptors (Lipinski definition) is 5. The first-order chi connectivity index (χ1) is 37.7. The molecule has 3 aliphatic rings. The van der Waals surface area contributed by atoms with Crippen molar-refractivity contribution >= 4 is 51.4 Å². The molecule has 375 valence electrons. The van der Waals surface area contributed by atoms with Gasteiger partial charge in [-0.15, -0.1) is 0 Å². The fourth-order valence-electron chi connectivity index (χ4n) is 11.1. The molecule has 9 heteroatoms. The van der Waals surface area contributed by atoms with Gasteiger partial charge in [0.2, 0.25) is 0 Å². The van der Waals surface area contributed by atoms with Crippen molar-refractivity contribution < 1.29 is 17.1 Å². The fourth-order valence-corrected chi connectivity index (χ4v) is 11.1. The SMILES string of the molecule is Cc1cccc(C2=C(c3ccccc3)/C3=N/c4[n-]c(c(-c5ccccc5)c4-c4cccc(C)c4)/N=C4\[N-]C(C)(/N=c5\[n-]c(c(-c6ccccc6)c5-c5cccc(C)c5)=NC2=N3)C(c2ccccc2)=C4c2cccc(C)c2)c1.[Fe+3]. The van der Waals surface area contributed by atoms with E-state index < -0.39 is 5.66 Å². The van der Waals surface area contributed by atoms with Gasteiger partial charge in [-0.25, -0.2) is 4.99 Å². The molecule has 8 nitrogen and oxygen atoms in total. The molecular weight excluding hydrogens is 997 g/mol. The Balaban J connectivity index is 0.00000609. The molecule has 2 aromatic heterocycles. The van der Waals surface area contributed by atoms with Crippen LogP contribution in [0.3, 0.4) is 0 Å². The summed E-state index contributed by atoms with van der Waals surface area (Å²) < 4.78 is 0. The van der Waals surface area contributed by atoms with E-state index in [1.165, 1.54) is 0 Å². The van der Waals surface area contributed by atoms with E-state index in [1.54, 1.807) is 0 Å². The Morgan fingerprint density at radius 3 is 1.28 bits per heavy atom. The summed E-state index contributed by atoms with van der Waals surface area (Å²) in [7, 11) is 0. The number of aliphatic imine (C=N–C) groups is 3. The van der Waals surface area contributed by atoms with Crippen LogP contribution in [0.4, 0.5) is 11.6 Å². The van der Waals surface area contributed by atoms with E-state index in [-0.39, 0.29) is 17.1 Å². The van der Waals surface area contributed by atoms with Crippen LogP contribution in [-0.4, -0.2) is 23.2 Å². The molecule has 0 N–H and O–H groups in total. The number of fused-ring (bicyclic) bond motifs is 7. The average Bonchev–Trinajstić information content (AvgIpc) is 4.26. The second-order valence-electron chi connectivity index (χ2n) is 20.1. The molecule has 1 unspecified atom stereocenters. The van der Waals surface area contributed by atoms with E-state index in [4.69, 9.17) is 40.2 Å². The van der Waals surface area contributed by atoms with E-state index in [0.717, 1.165) is 111 Å². The first-order valence-corrected chi connectivity index (χ1v) is 26.0. The third kappa shape index (κ3) is 9.02. The van der Waals surface area contributed by atoms with E-state index in [2.05, 4.69) is 229 Å². The van der Waals surface area contributed by atoms with Gasteiger partial charge in [0.05, 0.1) is 11.7 Å². The molecule has 8 aromatic carbocycles. The fraction of sp³-hybridized carbons (Fsp3) is 0.0870. The third-order valence-electron chi connectivity index (χ3n) is 14.4. The maximum absolute atomic E-state index is 5.87. The minimum Gasteiger partial charge on any atom is -0.449 e. The zero-order valence-electron chi connectivity index (χ0n) is 43.7. The Labute approximate surface area is 464 Å². The summed E-state index contributed by atoms with van der Waals surface area (Å²) in [6, 6.07) is 75.6. The minimum atomic E-state index is -1.29. The average molecular weight is 1050 g/mol. The molecule has 10 aromatic rings. The maximum Gasteiger partial charge on any atom is 3.00 e. The van der Waals surface area contributed by atoms with Crippen molar-refractivity contribution in [1.29, 1.82) is 0 Å². The van der Waals surface area contributed by atoms with Crippen LogP contribution in [0.1, 0.15) is 51.4 Å². The number of hydrogen-bond donors (Lipinski definition) is 0. The van der Waals surface area contributed by atoms with Crippen molar-refractivity contribution in [2.24, 2.45) is 25.0 Å². The molecule has 0 aliphatic carbocycles. The van der Waals surface area contributed by atoms with Gasteiger partial charge in [-0.2, -0.15) is 0 Å². The van der Waals surface area contributed by atoms with Gasteiger partial charge in [0.1, 0.15) is 0 Å². The third-order valence-corrected chi connectivity index (χ3v) is 14.4. The first kappa shape index (κ1) is 49.6. The molecule has 8 bridgehead atoms. The Bertz CT molecular complexity index is 4280. The standard InChI is InChI=1S/C69H51N8.Fe/c1-42-22-18-34-50(38-42)57-54(46-26-10-6-11-27-46)62-70-65(57)73-64-56(48-30-14-8-15-31-48)59(52-36-20-24-44(3)40-52)67(74-64)76-69(5)61(49-32-16-9-17-33-49)60(53-37-21-25-45(4)41-53)68(77-69)75-63-55(47-28-12-7-13-29-47)58(66(71-62)72-63)51-35-19-23-43(2)39-51;/h6-41H,1-5H3;/q-3;+3. The van der Waals surface area contributed by atoms with Crippen LogP contribution in [0.2, 0.25) is 0 Å². The Morgan fingerprint density at radius 2 is 0.731 bits per heavy atom. The largest absolute Gasteiger partial charge is 3.00 e. The number of nitrogens with zero attached hydrogens (tertiary/aromatic N) is 8. The quantitative estimate of drug-likeness (QED) is 0.141. The van der Waals surface area contributed by atoms with E-state index in [0.29, 0.717) is 40.1 Å². The number of amidine groups is 3. The smallest absolute Gasteiger partial charge is 0.449 e. The Morgan fingerprint density at radius 1 is 0.333 bits per heavy atom. The summed E-state index contributed by atoms with van der Waals surface area (Å²) in [5.41, 5.74) is 18.3. The van der Waals surface area contributed by atoms with Crippen LogP contribution in [0.25, 0.3) is 72.1 Å². The molecule has 3 aliphatic heterocycles. The molecular formula is C69H51FeN8. The molecule has 5 heterocycles. The normalized spacial score (nSPS) is 17.4. The minimum absolute atomic E-state index is 0. The Hall–Kier alpha value is -9.27. The van der Waals surface area contributed by atoms with Crippen LogP contribution in [0.15, 0.2) is 243 Å². The molecule has 0 amide bonds. The topological polar surface area (TPSA) is 104 Å². The predicted molar refractivity (Wildman–Crippen MR) is 315 cm³/mol. The summed E-state index contributed by atoms with van der Waals surface area (Å²) in [6.45, 7) is 10.5. The summed E-state index contributed by atoms with van der Waals surface area (Å²) >= 11 is 0. The van der Waals surface area contributed by atoms with Gasteiger partial charge in [0.15, 0.2) is 0 Å². The first-order valence-electron chi connectivity index (χ1n) is 26.0. The van der Waals surface area contributed by atoms with E-state index in [9.17, 15) is 0 Å². The van der Waals surface area contributed by atoms with Crippen molar-refractivity contribution in [3.63, 3.8) is 0 Å². The van der Waals surface area contributed by atoms with Gasteiger partial charge in [0, 0.05) is 50.3 Å². The molecule has 78 heavy (non-hydrogen) atoms. The molecule has 1 atom stereocenters. The summed E-state index contributed by atoms with van der Waals surface area (Å²) in [6.07, 6.45) is 0. The zero-order valence-corrected chi connectivity index (χ0v) is 44.8. The van der Waals surface area contributed by atoms with Gasteiger partial charge in [0.25, 0.3) is 0 Å². The number of aromatic nitrogens is 2. The molecule has 0 fully saturated rings. The van der Waals surface area contributed by atoms with Crippen LogP contribution in [0, 0.1) is 27.7 Å². The van der Waals surface area contributed by atoms with E-state index >= 15 is 0 Å². The van der Waals surface area contributed by atoms with Gasteiger partial charge >= 0.3 is 17.1 Å². The summed E-state index contributed by atoms with van der Waals surface area (Å²) in [5, 5.41) is 5.75. The van der Waals surface area contributed by atoms with Crippen molar-refractivity contribution in [2.75, 3.05) is 0 Å². The van der Waals surface area contributed by atoms with Gasteiger partial charge in [-0.3, -0.25) is 0 Å². The van der Waals surface area contributed by atoms with Crippen LogP contribution in [0.5, 0.6) is 0 Å². The van der Waals surface area contributed by atoms with Gasteiger partial charge in [-0.05, 0) is 94.7 Å². The van der Waals surface area contributed by atoms with Crippen molar-refractivity contribution in [1.82, 2.24) is 9.97 Å². The number of rotatable bonds is 8. The van der Waals surface area contributed by atoms with Crippen LogP contribution < -0.4 is 20.9 Å². The molecule has 0 saturated heterocycles. The van der Waals surface area contributed by atoms with Crippen molar-refractivity contribution in [3.05, 3.63) is 279 Å². The van der Waals surface area contributed by atoms with E-state index in [1.807, 2.05) is 24.3 Å². The summed E-state index contributed by atoms with van der Waals surface area (Å²) in [5.74, 6) is 2.35. The Kier molecular flexibility index (Phi) is 12.9. The van der Waals surface area contributed by atoms with Gasteiger partial charge in [-0.1, -0.05) is 253 Å². The van der Waals surface area contributed by atoms with Crippen molar-refractivity contribution in [2.45, 2.75) is 40.3 Å². The second kappa shape index (κ2) is 20.4. The van der Waals surface area contributed by atoms with Gasteiger partial charge < -0.3 is 35.3 Å². The molecule has 13 rings (SSSR count). The summed E-state index contributed by atoms with van der Waals surface area (Å²) in [4.78, 5) is 39.7. The second-order valence-corrected chi connectivity index (χ2v) is 20.1. The molecule has 0 saturated carbocycles. The predicted octanol–water partition coefficient (Wildman–Crippen LogP) is 15.3. The monoisotopic (exact) mass is 1050 g/mol. The zero-order chi connectivity index (χ0) is 52.2. The maximum atomic E-state index is 5.87. The molecule has 0 spiro atoms. The van der Waals surface area contributed by atoms with Crippen LogP contribution in [-0.2, 0) is 17.1 Å². The molecule has 1 radical (unpaired) electrons. The number of benzene rings is 8. The number of aryl methyl sites for hydroxylation is 4. The van der Waals surface area contributed by atoms with Crippen molar-refractivity contribution in [3.8, 4) is 44.5 Å².